The first-order valence-corrected chi connectivity index (χ1v) is 13.3. The van der Waals surface area contributed by atoms with Gasteiger partial charge in [-0.15, -0.1) is 20.8 Å². The van der Waals surface area contributed by atoms with Gasteiger partial charge in [0, 0.05) is 0 Å². The van der Waals surface area contributed by atoms with Crippen molar-refractivity contribution >= 4 is 15.2 Å². The molecule has 0 saturated heterocycles. The molecule has 1 aliphatic rings. The second-order valence-electron chi connectivity index (χ2n) is 6.59. The van der Waals surface area contributed by atoms with Gasteiger partial charge in [0.05, 0.1) is 0 Å². The SMILES string of the molecule is CC(C)[O-].CC(C)[O-].CPC1CCCC(C)(C)C1.C[PH][Ti+2]. The van der Waals surface area contributed by atoms with E-state index in [1.54, 1.807) is 27.7 Å². The van der Waals surface area contributed by atoms with Gasteiger partial charge in [-0.25, -0.2) is 0 Å². The van der Waals surface area contributed by atoms with Crippen LogP contribution in [0.3, 0.4) is 0 Å². The van der Waals surface area contributed by atoms with Crippen LogP contribution in [0.25, 0.3) is 0 Å². The molecule has 0 aromatic heterocycles. The predicted octanol–water partition coefficient (Wildman–Crippen LogP) is 3.53. The Morgan fingerprint density at radius 2 is 1.38 bits per heavy atom. The van der Waals surface area contributed by atoms with Crippen molar-refractivity contribution in [3.8, 4) is 0 Å². The zero-order valence-corrected chi connectivity index (χ0v) is 18.9. The Labute approximate surface area is 149 Å². The topological polar surface area (TPSA) is 46.1 Å². The molecule has 0 radical (unpaired) electrons. The van der Waals surface area contributed by atoms with E-state index in [0.29, 0.717) is 5.41 Å². The first-order chi connectivity index (χ1) is 9.52. The summed E-state index contributed by atoms with van der Waals surface area (Å²) < 4.78 is 0. The molecule has 0 aromatic rings. The molecule has 1 aliphatic carbocycles. The van der Waals surface area contributed by atoms with Crippen molar-refractivity contribution < 1.29 is 30.1 Å². The summed E-state index contributed by atoms with van der Waals surface area (Å²) in [5.74, 6) is 0. The average molecular weight is 371 g/mol. The number of rotatable bonds is 1. The molecule has 0 heterocycles. The Hall–Kier alpha value is 1.49. The third kappa shape index (κ3) is 34.0. The summed E-state index contributed by atoms with van der Waals surface area (Å²) in [6.45, 7) is 16.9. The summed E-state index contributed by atoms with van der Waals surface area (Å²) in [5, 5.41) is 19.1. The maximum atomic E-state index is 9.53. The van der Waals surface area contributed by atoms with Gasteiger partial charge >= 0.3 is 33.2 Å². The van der Waals surface area contributed by atoms with Gasteiger partial charge in [0.25, 0.3) is 0 Å². The summed E-state index contributed by atoms with van der Waals surface area (Å²) in [7, 11) is 1.17. The Bertz CT molecular complexity index is 189. The van der Waals surface area contributed by atoms with E-state index in [0.717, 1.165) is 12.2 Å². The Morgan fingerprint density at radius 1 is 1.05 bits per heavy atom. The van der Waals surface area contributed by atoms with Gasteiger partial charge in [-0.3, -0.25) is 0 Å². The van der Waals surface area contributed by atoms with Gasteiger partial charge in [-0.2, -0.15) is 0 Å². The van der Waals surface area contributed by atoms with E-state index in [1.807, 2.05) is 0 Å². The van der Waals surface area contributed by atoms with Crippen LogP contribution in [0.5, 0.6) is 0 Å². The van der Waals surface area contributed by atoms with Gasteiger partial charge in [0.2, 0.25) is 0 Å². The van der Waals surface area contributed by atoms with E-state index in [2.05, 4.69) is 47.1 Å². The minimum absolute atomic E-state index is 0.417. The molecular weight excluding hydrogens is 334 g/mol. The third-order valence-electron chi connectivity index (χ3n) is 2.61. The molecule has 127 valence electrons. The van der Waals surface area contributed by atoms with Crippen LogP contribution in [0.4, 0.5) is 0 Å². The molecule has 21 heavy (non-hydrogen) atoms. The molecular formula is C16H37O2P2Ti. The fourth-order valence-electron chi connectivity index (χ4n) is 1.94. The van der Waals surface area contributed by atoms with E-state index in [1.165, 1.54) is 34.3 Å². The van der Waals surface area contributed by atoms with E-state index in [9.17, 15) is 10.2 Å². The zero-order chi connectivity index (χ0) is 17.5. The molecule has 0 aromatic carbocycles. The summed E-state index contributed by atoms with van der Waals surface area (Å²) in [6, 6.07) is 0. The molecule has 0 N–H and O–H groups in total. The second kappa shape index (κ2) is 17.8. The van der Waals surface area contributed by atoms with Crippen molar-refractivity contribution in [2.45, 2.75) is 85.1 Å². The van der Waals surface area contributed by atoms with Crippen molar-refractivity contribution in [3.63, 3.8) is 0 Å². The van der Waals surface area contributed by atoms with Crippen LogP contribution in [0.1, 0.15) is 67.2 Å². The first kappa shape index (κ1) is 27.3. The summed E-state index contributed by atoms with van der Waals surface area (Å²) in [6.07, 6.45) is 5.06. The summed E-state index contributed by atoms with van der Waals surface area (Å²) in [4.78, 5) is 0. The Kier molecular flexibility index (Phi) is 23.2. The van der Waals surface area contributed by atoms with E-state index >= 15 is 0 Å². The number of hydrogen-bond acceptors (Lipinski definition) is 2. The fraction of sp³-hybridized carbons (Fsp3) is 1.00. The molecule has 0 bridgehead atoms. The molecule has 1 saturated carbocycles. The van der Waals surface area contributed by atoms with Gasteiger partial charge in [-0.1, -0.05) is 48.0 Å². The molecule has 0 spiro atoms. The molecule has 0 aliphatic heterocycles. The van der Waals surface area contributed by atoms with Crippen LogP contribution >= 0.6 is 15.2 Å². The van der Waals surface area contributed by atoms with Crippen LogP contribution in [-0.4, -0.2) is 31.2 Å². The molecule has 0 amide bonds. The van der Waals surface area contributed by atoms with Gasteiger partial charge in [0.15, 0.2) is 0 Å². The number of hydrogen-bond donors (Lipinski definition) is 0. The first-order valence-electron chi connectivity index (χ1n) is 7.84. The standard InChI is InChI=1S/C9H19P.2C3H7O.CH4P.Ti/c1-9(2)6-4-5-8(7-9)10-3;2*1-3(2)4;1-2;/h8,10H,4-7H2,1-3H3;2*3H,1-2H3;2H,1H3;/q;3*-1;+3. The maximum absolute atomic E-state index is 9.53. The third-order valence-corrected chi connectivity index (χ3v) is 3.92. The van der Waals surface area contributed by atoms with Crippen molar-refractivity contribution in [2.24, 2.45) is 5.41 Å². The summed E-state index contributed by atoms with van der Waals surface area (Å²) in [5.41, 5.74) is 1.72. The monoisotopic (exact) mass is 371 g/mol. The van der Waals surface area contributed by atoms with Gasteiger partial charge < -0.3 is 10.2 Å². The van der Waals surface area contributed by atoms with Crippen LogP contribution < -0.4 is 10.2 Å². The van der Waals surface area contributed by atoms with Gasteiger partial charge in [0.1, 0.15) is 0 Å². The van der Waals surface area contributed by atoms with Crippen molar-refractivity contribution in [1.29, 1.82) is 0 Å². The molecule has 2 nitrogen and oxygen atoms in total. The normalized spacial score (nSPS) is 20.8. The second-order valence-corrected chi connectivity index (χ2v) is 10.8. The van der Waals surface area contributed by atoms with Crippen LogP contribution in [0.15, 0.2) is 0 Å². The van der Waals surface area contributed by atoms with Gasteiger partial charge in [-0.05, 0) is 37.0 Å². The minimum atomic E-state index is -0.417. The average Bonchev–Trinajstić information content (AvgIpc) is 2.27. The molecule has 5 heteroatoms. The van der Waals surface area contributed by atoms with Crippen LogP contribution in [0, 0.1) is 5.41 Å². The predicted molar refractivity (Wildman–Crippen MR) is 94.8 cm³/mol. The molecule has 3 unspecified atom stereocenters. The quantitative estimate of drug-likeness (QED) is 0.523. The molecule has 3 atom stereocenters. The van der Waals surface area contributed by atoms with Crippen LogP contribution in [0.2, 0.25) is 0 Å². The van der Waals surface area contributed by atoms with Crippen molar-refractivity contribution in [2.75, 3.05) is 13.3 Å². The van der Waals surface area contributed by atoms with Crippen molar-refractivity contribution in [3.05, 3.63) is 0 Å². The molecule has 1 fully saturated rings. The Morgan fingerprint density at radius 3 is 1.57 bits per heavy atom. The fourth-order valence-corrected chi connectivity index (χ4v) is 3.19. The van der Waals surface area contributed by atoms with Crippen LogP contribution in [-0.2, 0) is 19.9 Å². The zero-order valence-electron chi connectivity index (χ0n) is 15.4. The van der Waals surface area contributed by atoms with E-state index in [-0.39, 0.29) is 0 Å². The Balaban J connectivity index is -0.000000247. The van der Waals surface area contributed by atoms with E-state index in [4.69, 9.17) is 0 Å². The molecule has 1 rings (SSSR count). The summed E-state index contributed by atoms with van der Waals surface area (Å²) >= 11 is 2.15. The van der Waals surface area contributed by atoms with Crippen molar-refractivity contribution in [1.82, 2.24) is 0 Å². The van der Waals surface area contributed by atoms with E-state index < -0.39 is 12.2 Å².